The lowest BCUT2D eigenvalue weighted by atomic mass is 9.94. The first-order chi connectivity index (χ1) is 38.1. The predicted octanol–water partition coefficient (Wildman–Crippen LogP) is 16.2. The van der Waals surface area contributed by atoms with E-state index in [9.17, 15) is 5.48 Å². The van der Waals surface area contributed by atoms with Crippen molar-refractivity contribution in [3.63, 3.8) is 0 Å². The van der Waals surface area contributed by atoms with E-state index in [-0.39, 0.29) is 33.6 Å². The second kappa shape index (κ2) is 15.0. The van der Waals surface area contributed by atoms with Crippen molar-refractivity contribution in [1.29, 1.82) is 0 Å². The topological polar surface area (TPSA) is 45.5 Å². The van der Waals surface area contributed by atoms with E-state index in [4.69, 9.17) is 15.5 Å². The number of para-hydroxylation sites is 9. The van der Waals surface area contributed by atoms with Gasteiger partial charge in [-0.1, -0.05) is 176 Å². The van der Waals surface area contributed by atoms with E-state index in [1.165, 1.54) is 4.57 Å². The molecule has 0 aliphatic heterocycles. The average molecular weight is 901 g/mol. The van der Waals surface area contributed by atoms with Crippen LogP contribution < -0.4 is 0 Å². The highest BCUT2D eigenvalue weighted by molar-refractivity contribution is 6.13. The van der Waals surface area contributed by atoms with Crippen molar-refractivity contribution in [2.45, 2.75) is 0 Å². The van der Waals surface area contributed by atoms with Crippen molar-refractivity contribution in [2.24, 2.45) is 0 Å². The third-order valence-corrected chi connectivity index (χ3v) is 13.9. The van der Waals surface area contributed by atoms with Crippen LogP contribution in [0.4, 0.5) is 0 Å². The van der Waals surface area contributed by atoms with E-state index in [0.29, 0.717) is 11.3 Å². The molecule has 0 atom stereocenters. The summed E-state index contributed by atoms with van der Waals surface area (Å²) in [5.74, 6) is 0.334. The number of hydrogen-bond acceptors (Lipinski definition) is 2. The Morgan fingerprint density at radius 3 is 1.19 bits per heavy atom. The van der Waals surface area contributed by atoms with E-state index in [0.717, 1.165) is 87.9 Å². The van der Waals surface area contributed by atoms with Gasteiger partial charge in [-0.05, 0) is 66.2 Å². The summed E-state index contributed by atoms with van der Waals surface area (Å²) in [6.07, 6.45) is 0. The van der Waals surface area contributed by atoms with Crippen LogP contribution in [0.5, 0.6) is 0 Å². The molecular weight excluding hydrogens is 853 g/mol. The molecule has 10 aromatic carbocycles. The Hall–Kier alpha value is -9.52. The fraction of sp³-hybridized carbons (Fsp3) is 0. The molecule has 0 radical (unpaired) electrons. The van der Waals surface area contributed by atoms with E-state index < -0.39 is 48.3 Å². The third kappa shape index (κ3) is 5.50. The predicted molar refractivity (Wildman–Crippen MR) is 290 cm³/mol. The average Bonchev–Trinajstić information content (AvgIpc) is 4.39. The molecule has 0 aliphatic rings. The fourth-order valence-electron chi connectivity index (χ4n) is 11.0. The third-order valence-electron chi connectivity index (χ3n) is 13.9. The lowest BCUT2D eigenvalue weighted by molar-refractivity contribution is 0.951. The Bertz CT molecular complexity index is 4870. The lowest BCUT2D eigenvalue weighted by Crippen LogP contribution is -2.09. The first kappa shape index (κ1) is 31.5. The number of benzene rings is 10. The van der Waals surface area contributed by atoms with Gasteiger partial charge in [-0.25, -0.2) is 4.98 Å². The molecule has 0 saturated carbocycles. The van der Waals surface area contributed by atoms with E-state index in [2.05, 4.69) is 124 Å². The monoisotopic (exact) mass is 900 g/mol. The smallest absolute Gasteiger partial charge is 0.237 e. The van der Waals surface area contributed by atoms with Gasteiger partial charge in [0.15, 0.2) is 0 Å². The highest BCUT2D eigenvalue weighted by atomic mass is 15.2. The molecule has 6 heteroatoms. The highest BCUT2D eigenvalue weighted by Crippen LogP contribution is 2.45. The van der Waals surface area contributed by atoms with E-state index in [1.54, 1.807) is 6.07 Å². The molecule has 0 fully saturated rings. The molecule has 326 valence electrons. The second-order valence-corrected chi connectivity index (χ2v) is 17.5. The van der Waals surface area contributed by atoms with Crippen molar-refractivity contribution in [1.82, 2.24) is 28.2 Å². The molecule has 0 unspecified atom stereocenters. The van der Waals surface area contributed by atoms with E-state index >= 15 is 0 Å². The molecule has 15 aromatic rings. The Balaban J connectivity index is 1.15. The van der Waals surface area contributed by atoms with Crippen LogP contribution in [0.2, 0.25) is 0 Å². The Morgan fingerprint density at radius 2 is 0.686 bits per heavy atom. The van der Waals surface area contributed by atoms with Crippen molar-refractivity contribution >= 4 is 87.2 Å². The summed E-state index contributed by atoms with van der Waals surface area (Å²) in [6.45, 7) is 0. The quantitative estimate of drug-likeness (QED) is 0.167. The van der Waals surface area contributed by atoms with Gasteiger partial charge in [0.1, 0.15) is 5.82 Å². The molecule has 0 saturated heterocycles. The number of hydrogen-bond donors (Lipinski definition) is 0. The molecule has 6 nitrogen and oxygen atoms in total. The first-order valence-corrected chi connectivity index (χ1v) is 23.2. The normalized spacial score (nSPS) is 13.6. The maximum atomic E-state index is 9.58. The molecule has 15 rings (SSSR count). The number of aromatic nitrogens is 6. The Kier molecular flexibility index (Phi) is 6.74. The Morgan fingerprint density at radius 1 is 0.300 bits per heavy atom. The molecule has 70 heavy (non-hydrogen) atoms. The minimum atomic E-state index is -0.528. The summed E-state index contributed by atoms with van der Waals surface area (Å²) in [7, 11) is 0. The van der Waals surface area contributed by atoms with Crippen LogP contribution in [-0.4, -0.2) is 28.2 Å². The number of nitrogens with zero attached hydrogens (tertiary/aromatic N) is 6. The summed E-state index contributed by atoms with van der Waals surface area (Å²) in [5, 5.41) is 6.14. The highest BCUT2D eigenvalue weighted by Gasteiger charge is 2.26. The molecule has 5 heterocycles. The zero-order chi connectivity index (χ0) is 52.8. The first-order valence-electron chi connectivity index (χ1n) is 27.2. The number of fused-ring (bicyclic) bond motifs is 12. The van der Waals surface area contributed by atoms with Gasteiger partial charge >= 0.3 is 0 Å². The van der Waals surface area contributed by atoms with Crippen LogP contribution in [0, 0.1) is 0 Å². The minimum Gasteiger partial charge on any atom is -0.309 e. The summed E-state index contributed by atoms with van der Waals surface area (Å²) >= 11 is 0. The van der Waals surface area contributed by atoms with Crippen molar-refractivity contribution in [3.8, 4) is 45.5 Å². The maximum absolute atomic E-state index is 9.58. The van der Waals surface area contributed by atoms with Crippen LogP contribution in [0.15, 0.2) is 242 Å². The largest absolute Gasteiger partial charge is 0.309 e. The molecule has 0 aliphatic carbocycles. The molecule has 0 amide bonds. The van der Waals surface area contributed by atoms with Crippen LogP contribution in [-0.2, 0) is 0 Å². The standard InChI is InChI=1S/C64H40N6/c1-10-30-52-41(20-1)42-21-2-11-31-53(42)67(52)56-34-14-9-28-49(56)50-29-19-39-61(68-54-32-12-3-22-43(54)44-23-4-13-33-55(44)68)63(50)51-40-62(69-57-35-15-5-24-45(57)46-25-6-16-36-58(46)69)66-64(65-51)70-59-37-17-7-26-47(59)48-27-8-18-38-60(48)70/h1-40H/i5D,6D,15D,16D,24D,25D,35D,36D. The van der Waals surface area contributed by atoms with Gasteiger partial charge in [0.2, 0.25) is 5.95 Å². The van der Waals surface area contributed by atoms with E-state index in [1.807, 2.05) is 77.4 Å². The molecule has 0 bridgehead atoms. The fourth-order valence-corrected chi connectivity index (χ4v) is 11.0. The summed E-state index contributed by atoms with van der Waals surface area (Å²) < 4.78 is 81.6. The van der Waals surface area contributed by atoms with Gasteiger partial charge in [-0.3, -0.25) is 9.13 Å². The molecule has 0 N–H and O–H groups in total. The Labute approximate surface area is 413 Å². The van der Waals surface area contributed by atoms with Crippen LogP contribution >= 0.6 is 0 Å². The second-order valence-electron chi connectivity index (χ2n) is 17.5. The minimum absolute atomic E-state index is 0.0477. The molecule has 5 aromatic heterocycles. The van der Waals surface area contributed by atoms with Gasteiger partial charge in [0.25, 0.3) is 0 Å². The van der Waals surface area contributed by atoms with Gasteiger partial charge in [-0.15, -0.1) is 0 Å². The van der Waals surface area contributed by atoms with Gasteiger partial charge in [-0.2, -0.15) is 4.98 Å². The summed E-state index contributed by atoms with van der Waals surface area (Å²) in [4.78, 5) is 11.1. The molecular formula is C64H40N6. The molecule has 0 spiro atoms. The van der Waals surface area contributed by atoms with Gasteiger partial charge < -0.3 is 9.13 Å². The maximum Gasteiger partial charge on any atom is 0.237 e. The lowest BCUT2D eigenvalue weighted by Gasteiger charge is -2.21. The van der Waals surface area contributed by atoms with Crippen molar-refractivity contribution in [2.75, 3.05) is 0 Å². The summed E-state index contributed by atoms with van der Waals surface area (Å²) in [6, 6.07) is 62.1. The van der Waals surface area contributed by atoms with Crippen LogP contribution in [0.3, 0.4) is 0 Å². The summed E-state index contributed by atoms with van der Waals surface area (Å²) in [5.41, 5.74) is 10.0. The van der Waals surface area contributed by atoms with Crippen molar-refractivity contribution in [3.05, 3.63) is 242 Å². The van der Waals surface area contributed by atoms with Gasteiger partial charge in [0, 0.05) is 60.3 Å². The zero-order valence-electron chi connectivity index (χ0n) is 45.2. The SMILES string of the molecule is [2H]c1c([2H])c([2H])c2c(c1[2H])c1c([2H])c([2H])c([2H])c([2H])c1n2-c1cc(-c2c(-c3ccccc3-n3c4ccccc4c4ccccc43)cccc2-n2c3ccccc3c3ccccc32)nc(-n2c3ccccc3c3ccccc32)n1. The number of rotatable bonds is 6. The van der Waals surface area contributed by atoms with Crippen LogP contribution in [0.25, 0.3) is 133 Å². The zero-order valence-corrected chi connectivity index (χ0v) is 37.2. The van der Waals surface area contributed by atoms with Crippen molar-refractivity contribution < 1.29 is 11.0 Å². The van der Waals surface area contributed by atoms with Gasteiger partial charge in [0.05, 0.1) is 72.2 Å². The van der Waals surface area contributed by atoms with Crippen LogP contribution in [0.1, 0.15) is 11.0 Å².